The highest BCUT2D eigenvalue weighted by atomic mass is 79.9. The van der Waals surface area contributed by atoms with Crippen molar-refractivity contribution in [2.24, 2.45) is 0 Å². The molecule has 3 aromatic rings. The third-order valence-electron chi connectivity index (χ3n) is 5.95. The van der Waals surface area contributed by atoms with Crippen LogP contribution in [0.25, 0.3) is 5.69 Å². The van der Waals surface area contributed by atoms with Gasteiger partial charge in [0.25, 0.3) is 0 Å². The summed E-state index contributed by atoms with van der Waals surface area (Å²) < 4.78 is 9.48. The third-order valence-corrected chi connectivity index (χ3v) is 6.48. The van der Waals surface area contributed by atoms with Crippen LogP contribution in [0.3, 0.4) is 0 Å². The van der Waals surface area contributed by atoms with E-state index in [2.05, 4.69) is 65.6 Å². The predicted molar refractivity (Wildman–Crippen MR) is 104 cm³/mol. The van der Waals surface area contributed by atoms with Gasteiger partial charge in [-0.1, -0.05) is 36.7 Å². The molecule has 2 aliphatic rings. The minimum atomic E-state index is -0.100. The van der Waals surface area contributed by atoms with E-state index in [4.69, 9.17) is 14.5 Å². The molecule has 1 fully saturated rings. The molecule has 2 unspecified atom stereocenters. The van der Waals surface area contributed by atoms with Crippen LogP contribution in [0.1, 0.15) is 68.9 Å². The highest BCUT2D eigenvalue weighted by Gasteiger charge is 2.55. The first-order chi connectivity index (χ1) is 12.4. The van der Waals surface area contributed by atoms with Gasteiger partial charge in [0.05, 0.1) is 29.2 Å². The number of fused-ring (bicyclic) bond motifs is 5. The zero-order chi connectivity index (χ0) is 18.1. The molecule has 0 aliphatic heterocycles. The molecule has 5 rings (SSSR count). The molecule has 4 nitrogen and oxygen atoms in total. The molecule has 2 aliphatic carbocycles. The second-order valence-corrected chi connectivity index (χ2v) is 9.55. The summed E-state index contributed by atoms with van der Waals surface area (Å²) >= 11 is 3.51. The summed E-state index contributed by atoms with van der Waals surface area (Å²) in [6.45, 7) is 6.49. The molecule has 1 aromatic carbocycles. The van der Waals surface area contributed by atoms with E-state index < -0.39 is 0 Å². The van der Waals surface area contributed by atoms with Crippen molar-refractivity contribution in [2.45, 2.75) is 56.8 Å². The maximum Gasteiger partial charge on any atom is 0.205 e. The molecule has 134 valence electrons. The van der Waals surface area contributed by atoms with Crippen molar-refractivity contribution >= 4 is 15.9 Å². The number of halogens is 1. The van der Waals surface area contributed by atoms with E-state index in [1.165, 1.54) is 17.7 Å². The van der Waals surface area contributed by atoms with Crippen molar-refractivity contribution in [1.29, 1.82) is 0 Å². The Bertz CT molecular complexity index is 980. The highest BCUT2D eigenvalue weighted by molar-refractivity contribution is 9.10. The Labute approximate surface area is 161 Å². The van der Waals surface area contributed by atoms with Gasteiger partial charge in [0.2, 0.25) is 5.89 Å². The average Bonchev–Trinajstić information content (AvgIpc) is 3.35. The third kappa shape index (κ3) is 2.19. The zero-order valence-electron chi connectivity index (χ0n) is 15.3. The number of hydrogen-bond acceptors (Lipinski definition) is 3. The summed E-state index contributed by atoms with van der Waals surface area (Å²) in [5.74, 6) is 2.36. The van der Waals surface area contributed by atoms with E-state index in [9.17, 15) is 0 Å². The number of rotatable bonds is 2. The number of nitrogens with zero attached hydrogens (tertiary/aromatic N) is 3. The van der Waals surface area contributed by atoms with Gasteiger partial charge in [0.1, 0.15) is 5.76 Å². The molecule has 1 saturated carbocycles. The predicted octanol–water partition coefficient (Wildman–Crippen LogP) is 5.49. The first-order valence-electron chi connectivity index (χ1n) is 9.20. The maximum absolute atomic E-state index is 6.29. The first kappa shape index (κ1) is 16.3. The van der Waals surface area contributed by atoms with Gasteiger partial charge in [-0.25, -0.2) is 9.67 Å². The van der Waals surface area contributed by atoms with Gasteiger partial charge in [0, 0.05) is 21.4 Å². The van der Waals surface area contributed by atoms with Gasteiger partial charge in [-0.3, -0.25) is 0 Å². The molecule has 0 spiro atoms. The van der Waals surface area contributed by atoms with Crippen molar-refractivity contribution in [3.63, 3.8) is 0 Å². The Morgan fingerprint density at radius 3 is 2.65 bits per heavy atom. The standard InChI is InChI=1S/C21H22BrN3O/c1-20(2,3)17-12-23-19(26-17)21-9-8-13(10-21)18-16(21)11-24-25(18)15-6-4-14(22)5-7-15/h4-7,11-13H,8-10H2,1-3H3. The van der Waals surface area contributed by atoms with E-state index in [0.29, 0.717) is 5.92 Å². The summed E-state index contributed by atoms with van der Waals surface area (Å²) in [7, 11) is 0. The van der Waals surface area contributed by atoms with Gasteiger partial charge >= 0.3 is 0 Å². The van der Waals surface area contributed by atoms with Gasteiger partial charge in [-0.2, -0.15) is 5.10 Å². The lowest BCUT2D eigenvalue weighted by molar-refractivity contribution is 0.329. The number of benzene rings is 1. The first-order valence-corrected chi connectivity index (χ1v) is 9.99. The van der Waals surface area contributed by atoms with Crippen LogP contribution in [0.15, 0.2) is 45.5 Å². The van der Waals surface area contributed by atoms with Gasteiger partial charge < -0.3 is 4.42 Å². The van der Waals surface area contributed by atoms with Crippen molar-refractivity contribution < 1.29 is 4.42 Å². The van der Waals surface area contributed by atoms with Crippen molar-refractivity contribution in [2.75, 3.05) is 0 Å². The van der Waals surface area contributed by atoms with E-state index in [0.717, 1.165) is 34.7 Å². The SMILES string of the molecule is CC(C)(C)c1cnc(C23CCC(C2)c2c3cnn2-c2ccc(Br)cc2)o1. The summed E-state index contributed by atoms with van der Waals surface area (Å²) in [4.78, 5) is 4.72. The Hall–Kier alpha value is -1.88. The van der Waals surface area contributed by atoms with Gasteiger partial charge in [0.15, 0.2) is 0 Å². The fourth-order valence-corrected chi connectivity index (χ4v) is 4.85. The van der Waals surface area contributed by atoms with Crippen molar-refractivity contribution in [3.05, 3.63) is 64.0 Å². The summed E-state index contributed by atoms with van der Waals surface area (Å²) in [6, 6.07) is 8.35. The zero-order valence-corrected chi connectivity index (χ0v) is 16.9. The van der Waals surface area contributed by atoms with Crippen LogP contribution < -0.4 is 0 Å². The van der Waals surface area contributed by atoms with Crippen LogP contribution in [0.2, 0.25) is 0 Å². The Morgan fingerprint density at radius 2 is 1.96 bits per heavy atom. The highest BCUT2D eigenvalue weighted by Crippen LogP contribution is 2.60. The molecule has 2 heterocycles. The molecular formula is C21H22BrN3O. The van der Waals surface area contributed by atoms with E-state index in [1.54, 1.807) is 0 Å². The quantitative estimate of drug-likeness (QED) is 0.559. The normalized spacial score (nSPS) is 24.2. The van der Waals surface area contributed by atoms with Gasteiger partial charge in [-0.15, -0.1) is 0 Å². The van der Waals surface area contributed by atoms with E-state index in [1.807, 2.05) is 12.4 Å². The monoisotopic (exact) mass is 411 g/mol. The Balaban J connectivity index is 1.61. The lowest BCUT2D eigenvalue weighted by atomic mass is 9.81. The molecule has 26 heavy (non-hydrogen) atoms. The summed E-state index contributed by atoms with van der Waals surface area (Å²) in [5, 5.41) is 4.74. The smallest absolute Gasteiger partial charge is 0.205 e. The van der Waals surface area contributed by atoms with Crippen LogP contribution in [-0.4, -0.2) is 14.8 Å². The molecule has 0 N–H and O–H groups in total. The van der Waals surface area contributed by atoms with Crippen molar-refractivity contribution in [1.82, 2.24) is 14.8 Å². The fourth-order valence-electron chi connectivity index (χ4n) is 4.58. The molecule has 2 aromatic heterocycles. The topological polar surface area (TPSA) is 43.9 Å². The van der Waals surface area contributed by atoms with Crippen LogP contribution in [-0.2, 0) is 10.8 Å². The van der Waals surface area contributed by atoms with Crippen LogP contribution >= 0.6 is 15.9 Å². The minimum Gasteiger partial charge on any atom is -0.444 e. The van der Waals surface area contributed by atoms with Crippen LogP contribution in [0, 0.1) is 0 Å². The van der Waals surface area contributed by atoms with Gasteiger partial charge in [-0.05, 0) is 43.5 Å². The van der Waals surface area contributed by atoms with E-state index in [-0.39, 0.29) is 10.8 Å². The number of hydrogen-bond donors (Lipinski definition) is 0. The largest absolute Gasteiger partial charge is 0.444 e. The molecule has 5 heteroatoms. The summed E-state index contributed by atoms with van der Waals surface area (Å²) in [6.07, 6.45) is 7.30. The molecule has 0 amide bonds. The Kier molecular flexibility index (Phi) is 3.34. The second kappa shape index (κ2) is 5.32. The summed E-state index contributed by atoms with van der Waals surface area (Å²) in [5.41, 5.74) is 3.63. The second-order valence-electron chi connectivity index (χ2n) is 8.63. The maximum atomic E-state index is 6.29. The molecule has 0 saturated heterocycles. The minimum absolute atomic E-state index is 0.0249. The molecular weight excluding hydrogens is 390 g/mol. The fraction of sp³-hybridized carbons (Fsp3) is 0.429. The average molecular weight is 412 g/mol. The lowest BCUT2D eigenvalue weighted by Gasteiger charge is -2.23. The molecule has 2 atom stereocenters. The molecule has 0 radical (unpaired) electrons. The van der Waals surface area contributed by atoms with E-state index >= 15 is 0 Å². The molecule has 2 bridgehead atoms. The number of aromatic nitrogens is 3. The van der Waals surface area contributed by atoms with Crippen molar-refractivity contribution in [3.8, 4) is 5.69 Å². The Morgan fingerprint density at radius 1 is 1.19 bits per heavy atom. The lowest BCUT2D eigenvalue weighted by Crippen LogP contribution is -2.22. The number of oxazole rings is 1. The van der Waals surface area contributed by atoms with Crippen LogP contribution in [0.4, 0.5) is 0 Å². The van der Waals surface area contributed by atoms with Crippen LogP contribution in [0.5, 0.6) is 0 Å².